The maximum absolute atomic E-state index is 11.3. The van der Waals surface area contributed by atoms with Crippen LogP contribution in [0.3, 0.4) is 0 Å². The van der Waals surface area contributed by atoms with Crippen LogP contribution in [0.4, 0.5) is 0 Å². The molecule has 0 spiro atoms. The highest BCUT2D eigenvalue weighted by molar-refractivity contribution is 5.71. The molecular weight excluding hydrogens is 302 g/mol. The molecule has 1 heterocycles. The van der Waals surface area contributed by atoms with Crippen LogP contribution in [0.25, 0.3) is 12.2 Å². The van der Waals surface area contributed by atoms with Crippen LogP contribution in [-0.2, 0) is 9.53 Å². The van der Waals surface area contributed by atoms with Gasteiger partial charge in [0.1, 0.15) is 5.75 Å². The van der Waals surface area contributed by atoms with Crippen LogP contribution in [0, 0.1) is 0 Å². The number of para-hydroxylation sites is 1. The molecule has 0 radical (unpaired) electrons. The second kappa shape index (κ2) is 10.2. The summed E-state index contributed by atoms with van der Waals surface area (Å²) in [4.78, 5) is 15.5. The summed E-state index contributed by atoms with van der Waals surface area (Å²) >= 11 is 0. The molecule has 2 rings (SSSR count). The van der Waals surface area contributed by atoms with Crippen LogP contribution in [-0.4, -0.2) is 24.2 Å². The van der Waals surface area contributed by atoms with Crippen molar-refractivity contribution in [1.82, 2.24) is 4.98 Å². The van der Waals surface area contributed by atoms with Crippen molar-refractivity contribution in [2.45, 2.75) is 26.2 Å². The molecule has 0 aliphatic rings. The quantitative estimate of drug-likeness (QED) is 0.507. The second-order valence-corrected chi connectivity index (χ2v) is 5.24. The van der Waals surface area contributed by atoms with Crippen molar-refractivity contribution in [3.05, 3.63) is 59.9 Å². The Labute approximate surface area is 143 Å². The third-order valence-electron chi connectivity index (χ3n) is 3.38. The molecule has 4 nitrogen and oxygen atoms in total. The van der Waals surface area contributed by atoms with Gasteiger partial charge in [-0.15, -0.1) is 0 Å². The summed E-state index contributed by atoms with van der Waals surface area (Å²) < 4.78 is 10.7. The molecule has 4 heteroatoms. The van der Waals surface area contributed by atoms with E-state index in [2.05, 4.69) is 4.98 Å². The van der Waals surface area contributed by atoms with Crippen molar-refractivity contribution >= 4 is 18.1 Å². The molecular formula is C20H23NO3. The minimum absolute atomic E-state index is 0.142. The fourth-order valence-electron chi connectivity index (χ4n) is 2.19. The number of esters is 1. The number of benzene rings is 1. The van der Waals surface area contributed by atoms with E-state index in [-0.39, 0.29) is 5.97 Å². The number of unbranched alkanes of at least 4 members (excludes halogenated alkanes) is 1. The number of aromatic nitrogens is 1. The van der Waals surface area contributed by atoms with E-state index in [1.165, 1.54) is 0 Å². The monoisotopic (exact) mass is 325 g/mol. The van der Waals surface area contributed by atoms with Gasteiger partial charge in [0.2, 0.25) is 0 Å². The van der Waals surface area contributed by atoms with Crippen molar-refractivity contribution in [1.29, 1.82) is 0 Å². The van der Waals surface area contributed by atoms with Crippen molar-refractivity contribution in [2.75, 3.05) is 13.2 Å². The van der Waals surface area contributed by atoms with Crippen molar-refractivity contribution in [3.8, 4) is 5.75 Å². The first-order valence-corrected chi connectivity index (χ1v) is 8.26. The van der Waals surface area contributed by atoms with Gasteiger partial charge in [0.05, 0.1) is 18.9 Å². The highest BCUT2D eigenvalue weighted by atomic mass is 16.5. The lowest BCUT2D eigenvalue weighted by molar-refractivity contribution is -0.143. The molecule has 0 unspecified atom stereocenters. The average molecular weight is 325 g/mol. The molecule has 0 aliphatic carbocycles. The minimum Gasteiger partial charge on any atom is -0.493 e. The van der Waals surface area contributed by atoms with Crippen LogP contribution < -0.4 is 4.74 Å². The second-order valence-electron chi connectivity index (χ2n) is 5.24. The van der Waals surface area contributed by atoms with E-state index < -0.39 is 0 Å². The van der Waals surface area contributed by atoms with Crippen LogP contribution in [0.15, 0.2) is 48.7 Å². The summed E-state index contributed by atoms with van der Waals surface area (Å²) in [6.45, 7) is 2.83. The van der Waals surface area contributed by atoms with Gasteiger partial charge in [0.25, 0.3) is 0 Å². The summed E-state index contributed by atoms with van der Waals surface area (Å²) in [5, 5.41) is 0. The van der Waals surface area contributed by atoms with Crippen LogP contribution in [0.2, 0.25) is 0 Å². The molecule has 0 saturated carbocycles. The smallest absolute Gasteiger partial charge is 0.305 e. The zero-order chi connectivity index (χ0) is 17.0. The number of pyridine rings is 1. The van der Waals surface area contributed by atoms with E-state index in [1.54, 1.807) is 6.20 Å². The minimum atomic E-state index is -0.142. The molecule has 0 atom stereocenters. The Kier molecular flexibility index (Phi) is 7.54. The van der Waals surface area contributed by atoms with Gasteiger partial charge in [-0.25, -0.2) is 0 Å². The van der Waals surface area contributed by atoms with Crippen LogP contribution in [0.5, 0.6) is 5.75 Å². The molecule has 126 valence electrons. The van der Waals surface area contributed by atoms with Crippen LogP contribution >= 0.6 is 0 Å². The molecule has 0 amide bonds. The van der Waals surface area contributed by atoms with Gasteiger partial charge in [0, 0.05) is 18.2 Å². The molecule has 0 bridgehead atoms. The standard InChI is InChI=1S/C20H23NO3/c1-2-23-20(22)12-6-8-16-24-19-11-4-3-9-17(19)13-14-18-10-5-7-15-21-18/h3-5,7,9-11,13-15H,2,6,8,12,16H2,1H3/b14-13+. The summed E-state index contributed by atoms with van der Waals surface area (Å²) in [5.74, 6) is 0.692. The number of rotatable bonds is 9. The first-order chi connectivity index (χ1) is 11.8. The predicted octanol–water partition coefficient (Wildman–Crippen LogP) is 4.36. The van der Waals surface area contributed by atoms with Gasteiger partial charge in [-0.3, -0.25) is 9.78 Å². The van der Waals surface area contributed by atoms with E-state index in [4.69, 9.17) is 9.47 Å². The summed E-state index contributed by atoms with van der Waals surface area (Å²) in [5.41, 5.74) is 1.91. The summed E-state index contributed by atoms with van der Waals surface area (Å²) in [7, 11) is 0. The average Bonchev–Trinajstić information content (AvgIpc) is 2.61. The van der Waals surface area contributed by atoms with Crippen molar-refractivity contribution in [3.63, 3.8) is 0 Å². The highest BCUT2D eigenvalue weighted by Gasteiger charge is 2.03. The van der Waals surface area contributed by atoms with Crippen LogP contribution in [0.1, 0.15) is 37.4 Å². The zero-order valence-electron chi connectivity index (χ0n) is 14.0. The predicted molar refractivity (Wildman–Crippen MR) is 95.6 cm³/mol. The largest absolute Gasteiger partial charge is 0.493 e. The van der Waals surface area contributed by atoms with Gasteiger partial charge >= 0.3 is 5.97 Å². The third kappa shape index (κ3) is 6.24. The van der Waals surface area contributed by atoms with E-state index >= 15 is 0 Å². The molecule has 24 heavy (non-hydrogen) atoms. The van der Waals surface area contributed by atoms with Gasteiger partial charge in [0.15, 0.2) is 0 Å². The number of hydrogen-bond donors (Lipinski definition) is 0. The number of hydrogen-bond acceptors (Lipinski definition) is 4. The molecule has 0 aliphatic heterocycles. The first-order valence-electron chi connectivity index (χ1n) is 8.26. The summed E-state index contributed by atoms with van der Waals surface area (Å²) in [6, 6.07) is 13.7. The lowest BCUT2D eigenvalue weighted by Gasteiger charge is -2.09. The summed E-state index contributed by atoms with van der Waals surface area (Å²) in [6.07, 6.45) is 7.76. The van der Waals surface area contributed by atoms with E-state index in [1.807, 2.05) is 61.5 Å². The first kappa shape index (κ1) is 17.7. The SMILES string of the molecule is CCOC(=O)CCCCOc1ccccc1/C=C/c1ccccn1. The Morgan fingerprint density at radius 1 is 1.08 bits per heavy atom. The van der Waals surface area contributed by atoms with Gasteiger partial charge < -0.3 is 9.47 Å². The third-order valence-corrected chi connectivity index (χ3v) is 3.38. The Balaban J connectivity index is 1.83. The number of carbonyl (C=O) groups excluding carboxylic acids is 1. The topological polar surface area (TPSA) is 48.4 Å². The fourth-order valence-corrected chi connectivity index (χ4v) is 2.19. The van der Waals surface area contributed by atoms with Gasteiger partial charge in [-0.05, 0) is 50.1 Å². The molecule has 2 aromatic rings. The highest BCUT2D eigenvalue weighted by Crippen LogP contribution is 2.20. The zero-order valence-corrected chi connectivity index (χ0v) is 14.0. The van der Waals surface area contributed by atoms with Crippen molar-refractivity contribution in [2.24, 2.45) is 0 Å². The fraction of sp³-hybridized carbons (Fsp3) is 0.300. The maximum atomic E-state index is 11.3. The normalized spacial score (nSPS) is 10.7. The van der Waals surface area contributed by atoms with E-state index in [9.17, 15) is 4.79 Å². The Morgan fingerprint density at radius 3 is 2.71 bits per heavy atom. The van der Waals surface area contributed by atoms with E-state index in [0.717, 1.165) is 29.8 Å². The lowest BCUT2D eigenvalue weighted by Crippen LogP contribution is -2.05. The Hall–Kier alpha value is -2.62. The Bertz CT molecular complexity index is 653. The molecule has 0 N–H and O–H groups in total. The lowest BCUT2D eigenvalue weighted by atomic mass is 10.1. The molecule has 0 fully saturated rings. The van der Waals surface area contributed by atoms with Gasteiger partial charge in [-0.1, -0.05) is 24.3 Å². The molecule has 0 saturated heterocycles. The maximum Gasteiger partial charge on any atom is 0.305 e. The Morgan fingerprint density at radius 2 is 1.92 bits per heavy atom. The number of nitrogens with zero attached hydrogens (tertiary/aromatic N) is 1. The van der Waals surface area contributed by atoms with Crippen molar-refractivity contribution < 1.29 is 14.3 Å². The van der Waals surface area contributed by atoms with Gasteiger partial charge in [-0.2, -0.15) is 0 Å². The number of carbonyl (C=O) groups is 1. The molecule has 1 aromatic heterocycles. The van der Waals surface area contributed by atoms with E-state index in [0.29, 0.717) is 19.6 Å². The molecule has 1 aromatic carbocycles. The number of ether oxygens (including phenoxy) is 2.